The number of phenolic OH excluding ortho intramolecular Hbond substituents is 1. The third kappa shape index (κ3) is 6.05. The second kappa shape index (κ2) is 9.04. The van der Waals surface area contributed by atoms with Gasteiger partial charge in [-0.1, -0.05) is 6.07 Å². The Balaban J connectivity index is 2.72. The molecule has 0 saturated heterocycles. The number of hydrogen-bond acceptors (Lipinski definition) is 5. The molecule has 0 bridgehead atoms. The summed E-state index contributed by atoms with van der Waals surface area (Å²) in [6, 6.07) is 7.31. The van der Waals surface area contributed by atoms with Gasteiger partial charge in [-0.15, -0.1) is 0 Å². The molecule has 1 rings (SSSR count). The number of phenols is 1. The van der Waals surface area contributed by atoms with E-state index in [4.69, 9.17) is 18.0 Å². The molecule has 1 atom stereocenters. The molecule has 0 spiro atoms. The third-order valence-corrected chi connectivity index (χ3v) is 6.05. The summed E-state index contributed by atoms with van der Waals surface area (Å²) in [7, 11) is -2.71. The van der Waals surface area contributed by atoms with Crippen molar-refractivity contribution in [3.8, 4) is 11.5 Å². The van der Waals surface area contributed by atoms with E-state index in [-0.39, 0.29) is 11.9 Å². The number of ether oxygens (including phenoxy) is 1. The molecule has 1 N–H and O–H groups in total. The lowest BCUT2D eigenvalue weighted by Gasteiger charge is -2.30. The first-order valence-electron chi connectivity index (χ1n) is 7.42. The van der Waals surface area contributed by atoms with Crippen molar-refractivity contribution in [2.45, 2.75) is 39.8 Å². The van der Waals surface area contributed by atoms with Gasteiger partial charge in [0.2, 0.25) is 0 Å². The van der Waals surface area contributed by atoms with E-state index in [1.165, 1.54) is 0 Å². The molecule has 0 saturated carbocycles. The van der Waals surface area contributed by atoms with E-state index in [0.29, 0.717) is 31.6 Å². The Morgan fingerprint density at radius 3 is 2.10 bits per heavy atom. The molecule has 120 valence electrons. The fourth-order valence-electron chi connectivity index (χ4n) is 2.14. The number of aromatic hydroxyl groups is 1. The second-order valence-corrected chi connectivity index (χ2v) is 7.25. The van der Waals surface area contributed by atoms with Crippen molar-refractivity contribution in [3.05, 3.63) is 24.3 Å². The topological polar surface area (TPSA) is 57.2 Å². The molecule has 0 fully saturated rings. The maximum atomic E-state index is 9.47. The highest BCUT2D eigenvalue weighted by Crippen LogP contribution is 2.24. The monoisotopic (exact) mass is 314 g/mol. The smallest absolute Gasteiger partial charge is 0.504 e. The van der Waals surface area contributed by atoms with Crippen molar-refractivity contribution in [1.82, 2.24) is 0 Å². The Kier molecular flexibility index (Phi) is 7.74. The number of rotatable bonds is 10. The van der Waals surface area contributed by atoms with Crippen molar-refractivity contribution in [2.75, 3.05) is 19.8 Å². The van der Waals surface area contributed by atoms with Crippen molar-refractivity contribution in [1.29, 1.82) is 0 Å². The molecule has 1 aromatic carbocycles. The number of benzene rings is 1. The van der Waals surface area contributed by atoms with Gasteiger partial charge in [-0.2, -0.15) is 0 Å². The van der Waals surface area contributed by atoms with Gasteiger partial charge < -0.3 is 23.1 Å². The molecule has 0 aliphatic heterocycles. The molecule has 6 heteroatoms. The zero-order chi connectivity index (χ0) is 15.7. The van der Waals surface area contributed by atoms with Crippen LogP contribution in [-0.4, -0.2) is 39.8 Å². The van der Waals surface area contributed by atoms with E-state index in [1.54, 1.807) is 18.2 Å². The Bertz CT molecular complexity index is 396. The minimum atomic E-state index is -2.71. The van der Waals surface area contributed by atoms with E-state index < -0.39 is 8.80 Å². The summed E-state index contributed by atoms with van der Waals surface area (Å²) in [6.07, 6.45) is -0.136. The SMILES string of the molecule is CCO[Si](CC(C)Oc1cccc(O)c1)(OCC)OCC. The van der Waals surface area contributed by atoms with E-state index in [9.17, 15) is 5.11 Å². The standard InChI is InChI=1S/C15H26O5Si/c1-5-17-21(18-6-2,19-7-3)12-13(4)20-15-10-8-9-14(16)11-15/h8-11,13,16H,5-7,12H2,1-4H3. The van der Waals surface area contributed by atoms with Crippen molar-refractivity contribution < 1.29 is 23.1 Å². The van der Waals surface area contributed by atoms with Gasteiger partial charge in [-0.3, -0.25) is 0 Å². The van der Waals surface area contributed by atoms with Gasteiger partial charge in [-0.05, 0) is 39.8 Å². The van der Waals surface area contributed by atoms with Gasteiger partial charge in [-0.25, -0.2) is 0 Å². The fourth-order valence-corrected chi connectivity index (χ4v) is 4.85. The molecular formula is C15H26O5Si. The van der Waals surface area contributed by atoms with Gasteiger partial charge in [0, 0.05) is 25.9 Å². The minimum Gasteiger partial charge on any atom is -0.508 e. The first-order chi connectivity index (χ1) is 10.0. The van der Waals surface area contributed by atoms with E-state index in [2.05, 4.69) is 0 Å². The Hall–Kier alpha value is -1.08. The minimum absolute atomic E-state index is 0.136. The van der Waals surface area contributed by atoms with Crippen LogP contribution in [0.25, 0.3) is 0 Å². The molecule has 1 aromatic rings. The molecule has 0 amide bonds. The van der Waals surface area contributed by atoms with Crippen LogP contribution < -0.4 is 4.74 Å². The van der Waals surface area contributed by atoms with E-state index in [0.717, 1.165) is 0 Å². The maximum absolute atomic E-state index is 9.47. The normalized spacial score (nSPS) is 13.1. The van der Waals surface area contributed by atoms with Crippen LogP contribution in [0.4, 0.5) is 0 Å². The van der Waals surface area contributed by atoms with Crippen molar-refractivity contribution in [2.24, 2.45) is 0 Å². The highest BCUT2D eigenvalue weighted by molar-refractivity contribution is 6.60. The fraction of sp³-hybridized carbons (Fsp3) is 0.600. The predicted octanol–water partition coefficient (Wildman–Crippen LogP) is 3.21. The molecule has 0 aliphatic carbocycles. The average molecular weight is 314 g/mol. The summed E-state index contributed by atoms with van der Waals surface area (Å²) < 4.78 is 23.2. The van der Waals surface area contributed by atoms with Gasteiger partial charge in [0.25, 0.3) is 0 Å². The van der Waals surface area contributed by atoms with Gasteiger partial charge in [0.15, 0.2) is 0 Å². The summed E-state index contributed by atoms with van der Waals surface area (Å²) in [4.78, 5) is 0. The molecule has 21 heavy (non-hydrogen) atoms. The average Bonchev–Trinajstić information content (AvgIpc) is 2.39. The van der Waals surface area contributed by atoms with Crippen LogP contribution in [0.3, 0.4) is 0 Å². The molecule has 0 heterocycles. The number of hydrogen-bond donors (Lipinski definition) is 1. The highest BCUT2D eigenvalue weighted by Gasteiger charge is 2.42. The quantitative estimate of drug-likeness (QED) is 0.672. The molecule has 0 aromatic heterocycles. The van der Waals surface area contributed by atoms with Gasteiger partial charge >= 0.3 is 8.80 Å². The van der Waals surface area contributed by atoms with Crippen LogP contribution in [0.1, 0.15) is 27.7 Å². The van der Waals surface area contributed by atoms with Crippen molar-refractivity contribution >= 4 is 8.80 Å². The largest absolute Gasteiger partial charge is 0.508 e. The summed E-state index contributed by atoms with van der Waals surface area (Å²) in [5.41, 5.74) is 0. The van der Waals surface area contributed by atoms with Crippen LogP contribution in [0, 0.1) is 0 Å². The van der Waals surface area contributed by atoms with Crippen LogP contribution >= 0.6 is 0 Å². The third-order valence-electron chi connectivity index (χ3n) is 2.79. The Labute approximate surface area is 128 Å². The summed E-state index contributed by atoms with van der Waals surface area (Å²) in [5.74, 6) is 0.803. The lowest BCUT2D eigenvalue weighted by molar-refractivity contribution is 0.0609. The molecule has 1 unspecified atom stereocenters. The first kappa shape index (κ1) is 18.0. The summed E-state index contributed by atoms with van der Waals surface area (Å²) >= 11 is 0. The van der Waals surface area contributed by atoms with Crippen molar-refractivity contribution in [3.63, 3.8) is 0 Å². The van der Waals surface area contributed by atoms with Crippen LogP contribution in [0.2, 0.25) is 6.04 Å². The maximum Gasteiger partial charge on any atom is 0.504 e. The van der Waals surface area contributed by atoms with Gasteiger partial charge in [0.05, 0.1) is 6.04 Å². The van der Waals surface area contributed by atoms with E-state index in [1.807, 2.05) is 33.8 Å². The molecular weight excluding hydrogens is 288 g/mol. The Morgan fingerprint density at radius 2 is 1.62 bits per heavy atom. The van der Waals surface area contributed by atoms with Gasteiger partial charge in [0.1, 0.15) is 17.6 Å². The van der Waals surface area contributed by atoms with E-state index >= 15 is 0 Å². The zero-order valence-electron chi connectivity index (χ0n) is 13.3. The molecule has 0 aliphatic rings. The second-order valence-electron chi connectivity index (χ2n) is 4.61. The summed E-state index contributed by atoms with van der Waals surface area (Å²) in [6.45, 7) is 9.38. The lowest BCUT2D eigenvalue weighted by atomic mass is 10.3. The first-order valence-corrected chi connectivity index (χ1v) is 9.36. The predicted molar refractivity (Wildman–Crippen MR) is 83.6 cm³/mol. The zero-order valence-corrected chi connectivity index (χ0v) is 14.3. The Morgan fingerprint density at radius 1 is 1.05 bits per heavy atom. The lowest BCUT2D eigenvalue weighted by Crippen LogP contribution is -2.48. The molecule has 0 radical (unpaired) electrons. The molecule has 5 nitrogen and oxygen atoms in total. The summed E-state index contributed by atoms with van der Waals surface area (Å²) in [5, 5.41) is 9.47. The van der Waals surface area contributed by atoms with Crippen LogP contribution in [0.5, 0.6) is 11.5 Å². The van der Waals surface area contributed by atoms with Crippen LogP contribution in [0.15, 0.2) is 24.3 Å². The highest BCUT2D eigenvalue weighted by atomic mass is 28.4. The van der Waals surface area contributed by atoms with Crippen LogP contribution in [-0.2, 0) is 13.3 Å².